The molecule has 0 rings (SSSR count). The average molecular weight is 1450 g/mol. The zero-order valence-electron chi connectivity index (χ0n) is 65.1. The van der Waals surface area contributed by atoms with Crippen molar-refractivity contribution >= 4 is 39.5 Å². The molecule has 0 radical (unpaired) electrons. The fourth-order valence-electron chi connectivity index (χ4n) is 12.3. The van der Waals surface area contributed by atoms with Gasteiger partial charge in [0.2, 0.25) is 0 Å². The number of phosphoric ester groups is 2. The van der Waals surface area contributed by atoms with Crippen LogP contribution in [0.25, 0.3) is 0 Å². The van der Waals surface area contributed by atoms with Gasteiger partial charge in [0, 0.05) is 25.7 Å². The van der Waals surface area contributed by atoms with Crippen molar-refractivity contribution in [1.29, 1.82) is 0 Å². The van der Waals surface area contributed by atoms with Gasteiger partial charge in [-0.15, -0.1) is 0 Å². The third-order valence-corrected chi connectivity index (χ3v) is 20.5. The molecule has 0 fully saturated rings. The normalized spacial score (nSPS) is 14.1. The maximum atomic E-state index is 13.1. The number of ether oxygens (including phenoxy) is 4. The summed E-state index contributed by atoms with van der Waals surface area (Å²) in [5.41, 5.74) is 0. The number of phosphoric acid groups is 2. The van der Waals surface area contributed by atoms with Gasteiger partial charge in [0.1, 0.15) is 19.3 Å². The number of aliphatic hydroxyl groups excluding tert-OH is 1. The number of hydrogen-bond donors (Lipinski definition) is 3. The molecule has 0 aromatic heterocycles. The standard InChI is InChI=1S/C80H156O17P2/c1-70(2)56-48-40-32-26-20-15-11-9-10-12-18-24-30-36-46-54-62-79(84)97-76(67-91-78(83)61-53-45-39-38-43-51-59-73(7)8)69-95-99(88,89)93-65-74(81)64-92-98(86,87)94-68-75(96-80(85)63-55-47-37-31-25-19-22-28-34-42-50-58-72(5)6)66-90-77(82)60-52-44-35-29-23-17-14-13-16-21-27-33-41-49-57-71(3)4/h70-76,81H,9-69H2,1-8H3,(H,86,87)(H,88,89)/t74?,75-,76-/m1/s1. The van der Waals surface area contributed by atoms with Crippen LogP contribution in [0.1, 0.15) is 409 Å². The zero-order valence-corrected chi connectivity index (χ0v) is 66.9. The largest absolute Gasteiger partial charge is 0.472 e. The van der Waals surface area contributed by atoms with Gasteiger partial charge in [0.25, 0.3) is 0 Å². The Kier molecular flexibility index (Phi) is 67.8. The third-order valence-electron chi connectivity index (χ3n) is 18.6. The minimum Gasteiger partial charge on any atom is -0.462 e. The van der Waals surface area contributed by atoms with Crippen molar-refractivity contribution in [3.63, 3.8) is 0 Å². The number of carbonyl (C=O) groups excluding carboxylic acids is 4. The first-order chi connectivity index (χ1) is 47.6. The summed E-state index contributed by atoms with van der Waals surface area (Å²) in [6.07, 6.45) is 55.7. The molecule has 588 valence electrons. The van der Waals surface area contributed by atoms with E-state index in [1.165, 1.54) is 205 Å². The molecule has 0 bridgehead atoms. The smallest absolute Gasteiger partial charge is 0.462 e. The van der Waals surface area contributed by atoms with E-state index in [-0.39, 0.29) is 25.7 Å². The van der Waals surface area contributed by atoms with Crippen LogP contribution in [-0.4, -0.2) is 96.7 Å². The highest BCUT2D eigenvalue weighted by molar-refractivity contribution is 7.47. The molecule has 0 aliphatic heterocycles. The number of aliphatic hydroxyl groups is 1. The van der Waals surface area contributed by atoms with Crippen LogP contribution in [-0.2, 0) is 65.4 Å². The Bertz CT molecular complexity index is 1940. The molecule has 0 saturated heterocycles. The first kappa shape index (κ1) is 97.1. The van der Waals surface area contributed by atoms with Crippen LogP contribution in [0.5, 0.6) is 0 Å². The second-order valence-corrected chi connectivity index (χ2v) is 33.6. The third kappa shape index (κ3) is 74.1. The van der Waals surface area contributed by atoms with Crippen molar-refractivity contribution in [2.45, 2.75) is 427 Å². The number of hydrogen-bond acceptors (Lipinski definition) is 15. The maximum Gasteiger partial charge on any atom is 0.472 e. The predicted octanol–water partition coefficient (Wildman–Crippen LogP) is 23.6. The van der Waals surface area contributed by atoms with Gasteiger partial charge in [-0.1, -0.05) is 357 Å². The monoisotopic (exact) mass is 1450 g/mol. The maximum absolute atomic E-state index is 13.1. The van der Waals surface area contributed by atoms with Crippen LogP contribution in [0.4, 0.5) is 0 Å². The highest BCUT2D eigenvalue weighted by Gasteiger charge is 2.30. The lowest BCUT2D eigenvalue weighted by molar-refractivity contribution is -0.161. The molecule has 99 heavy (non-hydrogen) atoms. The molecule has 0 heterocycles. The van der Waals surface area contributed by atoms with E-state index in [4.69, 9.17) is 37.0 Å². The minimum atomic E-state index is -4.96. The number of unbranched alkanes of at least 4 members (excludes halogenated alkanes) is 43. The van der Waals surface area contributed by atoms with E-state index >= 15 is 0 Å². The Morgan fingerprint density at radius 3 is 0.626 bits per heavy atom. The van der Waals surface area contributed by atoms with Crippen LogP contribution in [0.15, 0.2) is 0 Å². The van der Waals surface area contributed by atoms with Crippen molar-refractivity contribution in [1.82, 2.24) is 0 Å². The lowest BCUT2D eigenvalue weighted by Crippen LogP contribution is -2.30. The molecule has 19 heteroatoms. The van der Waals surface area contributed by atoms with Gasteiger partial charge >= 0.3 is 39.5 Å². The molecule has 0 aliphatic carbocycles. The van der Waals surface area contributed by atoms with E-state index in [9.17, 15) is 43.2 Å². The Morgan fingerprint density at radius 2 is 0.424 bits per heavy atom. The summed E-state index contributed by atoms with van der Waals surface area (Å²) in [4.78, 5) is 72.9. The topological polar surface area (TPSA) is 237 Å². The molecular formula is C80H156O17P2. The Morgan fingerprint density at radius 1 is 0.253 bits per heavy atom. The van der Waals surface area contributed by atoms with Crippen LogP contribution in [0.2, 0.25) is 0 Å². The SMILES string of the molecule is CC(C)CCCCCCCCCCCCCCCCCCC(=O)O[C@H](COC(=O)CCCCCCCCC(C)C)COP(=O)(O)OCC(O)COP(=O)(O)OC[C@@H](COC(=O)CCCCCCCCCCCCCCCCC(C)C)OC(=O)CCCCCCCCCCCCCC(C)C. The fraction of sp³-hybridized carbons (Fsp3) is 0.950. The van der Waals surface area contributed by atoms with Crippen molar-refractivity contribution in [3.8, 4) is 0 Å². The molecule has 3 N–H and O–H groups in total. The lowest BCUT2D eigenvalue weighted by atomic mass is 10.0. The molecular weight excluding hydrogens is 1290 g/mol. The molecule has 17 nitrogen and oxygen atoms in total. The van der Waals surface area contributed by atoms with Crippen LogP contribution >= 0.6 is 15.6 Å². The summed E-state index contributed by atoms with van der Waals surface area (Å²) < 4.78 is 68.6. The average Bonchev–Trinajstić information content (AvgIpc) is 1.04. The van der Waals surface area contributed by atoms with Crippen molar-refractivity contribution in [2.75, 3.05) is 39.6 Å². The fourth-order valence-corrected chi connectivity index (χ4v) is 13.8. The molecule has 0 spiro atoms. The second-order valence-electron chi connectivity index (χ2n) is 30.7. The second kappa shape index (κ2) is 69.1. The minimum absolute atomic E-state index is 0.106. The number of rotatable bonds is 77. The van der Waals surface area contributed by atoms with Crippen molar-refractivity contribution < 1.29 is 80.2 Å². The highest BCUT2D eigenvalue weighted by atomic mass is 31.2. The molecule has 5 atom stereocenters. The van der Waals surface area contributed by atoms with Crippen LogP contribution < -0.4 is 0 Å². The van der Waals surface area contributed by atoms with E-state index in [2.05, 4.69) is 55.4 Å². The van der Waals surface area contributed by atoms with Gasteiger partial charge in [-0.25, -0.2) is 9.13 Å². The zero-order chi connectivity index (χ0) is 73.1. The molecule has 0 saturated carbocycles. The van der Waals surface area contributed by atoms with Gasteiger partial charge in [0.05, 0.1) is 26.4 Å². The number of esters is 4. The first-order valence-electron chi connectivity index (χ1n) is 41.2. The summed E-state index contributed by atoms with van der Waals surface area (Å²) >= 11 is 0. The quantitative estimate of drug-likeness (QED) is 0.0222. The number of carbonyl (C=O) groups is 4. The molecule has 0 aromatic carbocycles. The van der Waals surface area contributed by atoms with Gasteiger partial charge in [-0.05, 0) is 49.4 Å². The molecule has 0 amide bonds. The van der Waals surface area contributed by atoms with E-state index in [0.717, 1.165) is 114 Å². The van der Waals surface area contributed by atoms with E-state index in [1.54, 1.807) is 0 Å². The summed E-state index contributed by atoms with van der Waals surface area (Å²) in [5.74, 6) is 0.936. The van der Waals surface area contributed by atoms with Gasteiger partial charge < -0.3 is 33.8 Å². The van der Waals surface area contributed by atoms with Crippen LogP contribution in [0, 0.1) is 23.7 Å². The predicted molar refractivity (Wildman–Crippen MR) is 404 cm³/mol. The van der Waals surface area contributed by atoms with Gasteiger partial charge in [-0.3, -0.25) is 37.3 Å². The van der Waals surface area contributed by atoms with Gasteiger partial charge in [0.15, 0.2) is 12.2 Å². The Balaban J connectivity index is 5.21. The Hall–Kier alpha value is -1.94. The van der Waals surface area contributed by atoms with Crippen molar-refractivity contribution in [3.05, 3.63) is 0 Å². The molecule has 3 unspecified atom stereocenters. The Labute approximate surface area is 607 Å². The summed E-state index contributed by atoms with van der Waals surface area (Å²) in [5, 5.41) is 10.6. The molecule has 0 aromatic rings. The van der Waals surface area contributed by atoms with E-state index in [1.807, 2.05) is 0 Å². The highest BCUT2D eigenvalue weighted by Crippen LogP contribution is 2.45. The van der Waals surface area contributed by atoms with Crippen LogP contribution in [0.3, 0.4) is 0 Å². The van der Waals surface area contributed by atoms with E-state index < -0.39 is 97.5 Å². The summed E-state index contributed by atoms with van der Waals surface area (Å²) in [6, 6.07) is 0. The van der Waals surface area contributed by atoms with Crippen molar-refractivity contribution in [2.24, 2.45) is 23.7 Å². The summed E-state index contributed by atoms with van der Waals surface area (Å²) in [7, 11) is -9.92. The first-order valence-corrected chi connectivity index (χ1v) is 44.2. The summed E-state index contributed by atoms with van der Waals surface area (Å²) in [6.45, 7) is 14.2. The lowest BCUT2D eigenvalue weighted by Gasteiger charge is -2.21. The van der Waals surface area contributed by atoms with Gasteiger partial charge in [-0.2, -0.15) is 0 Å². The van der Waals surface area contributed by atoms with E-state index in [0.29, 0.717) is 31.6 Å². The molecule has 0 aliphatic rings.